The Morgan fingerprint density at radius 1 is 1.09 bits per heavy atom. The molecule has 1 aromatic heterocycles. The van der Waals surface area contributed by atoms with Crippen LogP contribution < -0.4 is 0 Å². The molecule has 1 aromatic carbocycles. The van der Waals surface area contributed by atoms with Crippen molar-refractivity contribution in [2.24, 2.45) is 4.99 Å². The van der Waals surface area contributed by atoms with Gasteiger partial charge in [-0.3, -0.25) is 24.3 Å². The van der Waals surface area contributed by atoms with Crippen LogP contribution in [0.15, 0.2) is 40.7 Å². The van der Waals surface area contributed by atoms with Gasteiger partial charge in [-0.2, -0.15) is 0 Å². The van der Waals surface area contributed by atoms with Gasteiger partial charge in [-0.25, -0.2) is 14.4 Å². The zero-order valence-electron chi connectivity index (χ0n) is 19.1. The zero-order valence-corrected chi connectivity index (χ0v) is 19.9. The molecule has 0 aliphatic carbocycles. The van der Waals surface area contributed by atoms with Crippen LogP contribution in [0.1, 0.15) is 5.01 Å². The maximum Gasteiger partial charge on any atom is 0.333 e. The van der Waals surface area contributed by atoms with Gasteiger partial charge in [0.2, 0.25) is 0 Å². The number of benzene rings is 1. The van der Waals surface area contributed by atoms with E-state index in [1.54, 1.807) is 23.0 Å². The van der Waals surface area contributed by atoms with Crippen molar-refractivity contribution in [3.05, 3.63) is 40.7 Å². The van der Waals surface area contributed by atoms with E-state index in [0.717, 1.165) is 40.8 Å². The van der Waals surface area contributed by atoms with E-state index in [-0.39, 0.29) is 18.4 Å². The maximum absolute atomic E-state index is 13.0. The predicted molar refractivity (Wildman–Crippen MR) is 128 cm³/mol. The molecule has 0 bridgehead atoms. The van der Waals surface area contributed by atoms with E-state index in [9.17, 15) is 14.4 Å². The van der Waals surface area contributed by atoms with E-state index in [1.807, 2.05) is 23.1 Å². The normalized spacial score (nSPS) is 21.0. The summed E-state index contributed by atoms with van der Waals surface area (Å²) in [6.07, 6.45) is 1.49. The minimum Gasteiger partial charge on any atom is -0.337 e. The van der Waals surface area contributed by atoms with Crippen LogP contribution in [0.2, 0.25) is 0 Å². The SMILES string of the molecule is CN1C(=O)C2C(=NC=[N+]2CC(=O)N2CCN(Cc3nc(-c4ccccc4)cs3)CC2)N(C)C1=O. The summed E-state index contributed by atoms with van der Waals surface area (Å²) >= 11 is 1.66. The summed E-state index contributed by atoms with van der Waals surface area (Å²) in [6, 6.07) is 8.98. The first-order chi connectivity index (χ1) is 16.4. The fraction of sp³-hybridized carbons (Fsp3) is 0.391. The van der Waals surface area contributed by atoms with E-state index < -0.39 is 12.1 Å². The molecular formula is C23H26N7O3S+. The molecule has 11 heteroatoms. The van der Waals surface area contributed by atoms with Gasteiger partial charge in [0.05, 0.1) is 12.2 Å². The molecule has 0 N–H and O–H groups in total. The number of carbonyl (C=O) groups is 3. The van der Waals surface area contributed by atoms with Gasteiger partial charge >= 0.3 is 6.03 Å². The third kappa shape index (κ3) is 4.12. The van der Waals surface area contributed by atoms with Gasteiger partial charge in [0, 0.05) is 51.2 Å². The van der Waals surface area contributed by atoms with E-state index in [1.165, 1.54) is 18.3 Å². The first-order valence-corrected chi connectivity index (χ1v) is 12.0. The second-order valence-electron chi connectivity index (χ2n) is 8.57. The number of aliphatic imine (C=N–C) groups is 1. The number of piperazine rings is 1. The fourth-order valence-corrected chi connectivity index (χ4v) is 5.25. The molecule has 2 fully saturated rings. The summed E-state index contributed by atoms with van der Waals surface area (Å²) in [4.78, 5) is 53.3. The average molecular weight is 481 g/mol. The number of amides is 4. The summed E-state index contributed by atoms with van der Waals surface area (Å²) in [6.45, 7) is 3.58. The van der Waals surface area contributed by atoms with E-state index in [0.29, 0.717) is 18.9 Å². The molecule has 2 saturated heterocycles. The summed E-state index contributed by atoms with van der Waals surface area (Å²) in [5.74, 6) is -0.0569. The van der Waals surface area contributed by atoms with Crippen molar-refractivity contribution < 1.29 is 19.0 Å². The average Bonchev–Trinajstić information content (AvgIpc) is 3.50. The summed E-state index contributed by atoms with van der Waals surface area (Å²) in [5, 5.41) is 3.15. The topological polar surface area (TPSA) is 92.4 Å². The van der Waals surface area contributed by atoms with E-state index in [2.05, 4.69) is 27.4 Å². The quantitative estimate of drug-likeness (QED) is 0.591. The van der Waals surface area contributed by atoms with Gasteiger partial charge in [-0.15, -0.1) is 11.3 Å². The van der Waals surface area contributed by atoms with E-state index >= 15 is 0 Å². The third-order valence-corrected chi connectivity index (χ3v) is 7.25. The first-order valence-electron chi connectivity index (χ1n) is 11.1. The minimum absolute atomic E-state index is 0.0478. The largest absolute Gasteiger partial charge is 0.337 e. The third-order valence-electron chi connectivity index (χ3n) is 6.42. The van der Waals surface area contributed by atoms with Crippen LogP contribution in [0.5, 0.6) is 0 Å². The molecular weight excluding hydrogens is 454 g/mol. The highest BCUT2D eigenvalue weighted by molar-refractivity contribution is 7.09. The number of nitrogens with zero attached hydrogens (tertiary/aromatic N) is 7. The van der Waals surface area contributed by atoms with Crippen molar-refractivity contribution >= 4 is 41.4 Å². The molecule has 1 atom stereocenters. The lowest BCUT2D eigenvalue weighted by molar-refractivity contribution is -0.520. The molecule has 4 heterocycles. The molecule has 1 unspecified atom stereocenters. The Kier molecular flexibility index (Phi) is 5.96. The Balaban J connectivity index is 1.14. The van der Waals surface area contributed by atoms with Gasteiger partial charge in [-0.1, -0.05) is 30.3 Å². The molecule has 0 saturated carbocycles. The number of hydrogen-bond acceptors (Lipinski definition) is 7. The highest BCUT2D eigenvalue weighted by atomic mass is 32.1. The summed E-state index contributed by atoms with van der Waals surface area (Å²) < 4.78 is 1.62. The van der Waals surface area contributed by atoms with Crippen molar-refractivity contribution in [1.29, 1.82) is 0 Å². The molecule has 34 heavy (non-hydrogen) atoms. The predicted octanol–water partition coefficient (Wildman–Crippen LogP) is 0.800. The minimum atomic E-state index is -0.735. The smallest absolute Gasteiger partial charge is 0.333 e. The molecule has 2 aromatic rings. The van der Waals surface area contributed by atoms with Crippen LogP contribution in [0.4, 0.5) is 4.79 Å². The number of imide groups is 1. The number of thiazole rings is 1. The summed E-state index contributed by atoms with van der Waals surface area (Å²) in [7, 11) is 3.03. The molecule has 0 spiro atoms. The Labute approximate surface area is 201 Å². The van der Waals surface area contributed by atoms with Crippen molar-refractivity contribution in [3.63, 3.8) is 0 Å². The molecule has 10 nitrogen and oxygen atoms in total. The van der Waals surface area contributed by atoms with Crippen LogP contribution in [0.3, 0.4) is 0 Å². The number of carbonyl (C=O) groups excluding carboxylic acids is 3. The number of fused-ring (bicyclic) bond motifs is 1. The maximum atomic E-state index is 13.0. The number of hydrogen-bond donors (Lipinski definition) is 0. The second-order valence-corrected chi connectivity index (χ2v) is 9.51. The molecule has 3 aliphatic rings. The van der Waals surface area contributed by atoms with Gasteiger partial charge < -0.3 is 4.90 Å². The van der Waals surface area contributed by atoms with Crippen LogP contribution >= 0.6 is 11.3 Å². The summed E-state index contributed by atoms with van der Waals surface area (Å²) in [5.41, 5.74) is 2.11. The van der Waals surface area contributed by atoms with Gasteiger partial charge in [0.15, 0.2) is 6.54 Å². The highest BCUT2D eigenvalue weighted by Gasteiger charge is 2.51. The molecule has 176 valence electrons. The molecule has 5 rings (SSSR count). The highest BCUT2D eigenvalue weighted by Crippen LogP contribution is 2.23. The molecule has 0 radical (unpaired) electrons. The van der Waals surface area contributed by atoms with Crippen molar-refractivity contribution in [2.75, 3.05) is 46.8 Å². The number of likely N-dealkylation sites (N-methyl/N-ethyl adjacent to an activating group) is 2. The van der Waals surface area contributed by atoms with Crippen molar-refractivity contribution in [2.45, 2.75) is 12.6 Å². The Hall–Kier alpha value is -3.44. The van der Waals surface area contributed by atoms with Gasteiger partial charge in [-0.05, 0) is 4.99 Å². The number of urea groups is 1. The standard InChI is InChI=1S/C23H26N7O3S/c1-26-21-20(22(32)27(2)23(26)33)30(15-24-21)13-19(31)29-10-8-28(9-11-29)12-18-25-17(14-34-18)16-6-4-3-5-7-16/h3-7,14-15,20H,8-13H2,1-2H3/q+1. The Morgan fingerprint density at radius 2 is 1.82 bits per heavy atom. The lowest BCUT2D eigenvalue weighted by Crippen LogP contribution is -2.62. The molecule has 4 amide bonds. The first kappa shape index (κ1) is 22.4. The second kappa shape index (κ2) is 9.07. The Bertz CT molecular complexity index is 1180. The monoisotopic (exact) mass is 480 g/mol. The lowest BCUT2D eigenvalue weighted by Gasteiger charge is -2.34. The number of aromatic nitrogens is 1. The van der Waals surface area contributed by atoms with E-state index in [4.69, 9.17) is 4.98 Å². The Morgan fingerprint density at radius 3 is 2.56 bits per heavy atom. The van der Waals surface area contributed by atoms with Gasteiger partial charge in [0.25, 0.3) is 30.0 Å². The molecule has 3 aliphatic heterocycles. The fourth-order valence-electron chi connectivity index (χ4n) is 4.40. The van der Waals surface area contributed by atoms with Crippen LogP contribution in [0.25, 0.3) is 11.3 Å². The number of rotatable bonds is 5. The van der Waals surface area contributed by atoms with Crippen LogP contribution in [-0.4, -0.2) is 112 Å². The zero-order chi connectivity index (χ0) is 23.8. The van der Waals surface area contributed by atoms with Gasteiger partial charge in [0.1, 0.15) is 5.01 Å². The lowest BCUT2D eigenvalue weighted by atomic mass is 10.1. The van der Waals surface area contributed by atoms with Crippen molar-refractivity contribution in [3.8, 4) is 11.3 Å². The van der Waals surface area contributed by atoms with Crippen molar-refractivity contribution in [1.82, 2.24) is 24.6 Å². The van der Waals surface area contributed by atoms with Crippen LogP contribution in [-0.2, 0) is 16.1 Å². The van der Waals surface area contributed by atoms with Crippen LogP contribution in [0, 0.1) is 0 Å². The number of amidine groups is 1.